The van der Waals surface area contributed by atoms with E-state index in [9.17, 15) is 0 Å². The van der Waals surface area contributed by atoms with Crippen molar-refractivity contribution in [2.24, 2.45) is 4.99 Å². The number of guanidine groups is 1. The molecule has 1 fully saturated rings. The molecule has 1 saturated heterocycles. The average molecular weight is 301 g/mol. The van der Waals surface area contributed by atoms with E-state index in [-0.39, 0.29) is 0 Å². The summed E-state index contributed by atoms with van der Waals surface area (Å²) in [4.78, 5) is 6.90. The molecule has 1 aliphatic rings. The molecule has 0 bridgehead atoms. The minimum atomic E-state index is 0.584. The van der Waals surface area contributed by atoms with Gasteiger partial charge >= 0.3 is 0 Å². The van der Waals surface area contributed by atoms with Crippen LogP contribution < -0.4 is 10.6 Å². The highest BCUT2D eigenvalue weighted by Gasteiger charge is 2.18. The smallest absolute Gasteiger partial charge is 0.191 e. The van der Waals surface area contributed by atoms with Gasteiger partial charge in [-0.05, 0) is 50.7 Å². The van der Waals surface area contributed by atoms with Crippen molar-refractivity contribution in [3.63, 3.8) is 0 Å². The number of nitrogens with zero attached hydrogens (tertiary/aromatic N) is 2. The number of hydrogen-bond acceptors (Lipinski definition) is 3. The quantitative estimate of drug-likeness (QED) is 0.409. The van der Waals surface area contributed by atoms with Crippen LogP contribution in [0.5, 0.6) is 0 Å². The normalized spacial score (nSPS) is 18.2. The maximum atomic E-state index is 4.33. The second-order valence-electron chi connectivity index (χ2n) is 5.46. The molecular weight excluding hydrogens is 268 g/mol. The Balaban J connectivity index is 2.15. The molecule has 0 radical (unpaired) electrons. The minimum absolute atomic E-state index is 0.584. The fraction of sp³-hybridized carbons (Fsp3) is 0.933. The van der Waals surface area contributed by atoms with Gasteiger partial charge in [0.15, 0.2) is 5.96 Å². The Morgan fingerprint density at radius 2 is 2.05 bits per heavy atom. The zero-order chi connectivity index (χ0) is 14.6. The highest BCUT2D eigenvalue weighted by molar-refractivity contribution is 7.98. The fourth-order valence-corrected chi connectivity index (χ4v) is 3.08. The van der Waals surface area contributed by atoms with E-state index >= 15 is 0 Å². The Morgan fingerprint density at radius 3 is 2.65 bits per heavy atom. The molecule has 0 amide bonds. The molecule has 0 aromatic heterocycles. The maximum Gasteiger partial charge on any atom is 0.191 e. The summed E-state index contributed by atoms with van der Waals surface area (Å²) >= 11 is 1.92. The van der Waals surface area contributed by atoms with Gasteiger partial charge in [0.1, 0.15) is 0 Å². The molecule has 0 atom stereocenters. The van der Waals surface area contributed by atoms with E-state index < -0.39 is 0 Å². The third-order valence-corrected chi connectivity index (χ3v) is 4.46. The summed E-state index contributed by atoms with van der Waals surface area (Å²) in [6.45, 7) is 6.96. The highest BCUT2D eigenvalue weighted by Crippen LogP contribution is 2.10. The summed E-state index contributed by atoms with van der Waals surface area (Å²) in [5.41, 5.74) is 0. The van der Waals surface area contributed by atoms with E-state index in [0.717, 1.165) is 12.5 Å². The number of unbranched alkanes of at least 4 members (excludes halogenated alkanes) is 1. The zero-order valence-electron chi connectivity index (χ0n) is 13.5. The van der Waals surface area contributed by atoms with Crippen molar-refractivity contribution >= 4 is 17.7 Å². The second kappa shape index (κ2) is 11.3. The fourth-order valence-electron chi connectivity index (χ4n) is 2.58. The molecule has 4 nitrogen and oxygen atoms in total. The summed E-state index contributed by atoms with van der Waals surface area (Å²) in [5.74, 6) is 2.23. The summed E-state index contributed by atoms with van der Waals surface area (Å²) in [5, 5.41) is 6.99. The number of hydrogen-bond donors (Lipinski definition) is 2. The molecule has 118 valence electrons. The van der Waals surface area contributed by atoms with Crippen molar-refractivity contribution in [3.05, 3.63) is 0 Å². The Kier molecular flexibility index (Phi) is 9.93. The molecule has 1 heterocycles. The summed E-state index contributed by atoms with van der Waals surface area (Å²) in [7, 11) is 1.86. The van der Waals surface area contributed by atoms with E-state index in [1.54, 1.807) is 0 Å². The van der Waals surface area contributed by atoms with Gasteiger partial charge in [-0.15, -0.1) is 0 Å². The van der Waals surface area contributed by atoms with Crippen LogP contribution in [0.25, 0.3) is 0 Å². The van der Waals surface area contributed by atoms with Crippen molar-refractivity contribution in [2.45, 2.75) is 45.1 Å². The molecule has 0 aromatic carbocycles. The van der Waals surface area contributed by atoms with Gasteiger partial charge in [0, 0.05) is 32.7 Å². The molecule has 20 heavy (non-hydrogen) atoms. The van der Waals surface area contributed by atoms with Crippen LogP contribution in [-0.4, -0.2) is 62.1 Å². The van der Waals surface area contributed by atoms with E-state index in [4.69, 9.17) is 0 Å². The van der Waals surface area contributed by atoms with Crippen LogP contribution in [0.4, 0.5) is 0 Å². The van der Waals surface area contributed by atoms with E-state index in [1.165, 1.54) is 57.5 Å². The van der Waals surface area contributed by atoms with Crippen LogP contribution in [0.1, 0.15) is 39.0 Å². The summed E-state index contributed by atoms with van der Waals surface area (Å²) in [6, 6.07) is 0.584. The average Bonchev–Trinajstić information content (AvgIpc) is 2.48. The first-order chi connectivity index (χ1) is 9.80. The van der Waals surface area contributed by atoms with Crippen LogP contribution in [-0.2, 0) is 0 Å². The third-order valence-electron chi connectivity index (χ3n) is 3.76. The van der Waals surface area contributed by atoms with Gasteiger partial charge in [0.05, 0.1) is 0 Å². The zero-order valence-corrected chi connectivity index (χ0v) is 14.3. The van der Waals surface area contributed by atoms with Gasteiger partial charge in [-0.25, -0.2) is 0 Å². The van der Waals surface area contributed by atoms with Gasteiger partial charge in [-0.2, -0.15) is 11.8 Å². The lowest BCUT2D eigenvalue weighted by Crippen LogP contribution is -2.48. The molecule has 5 heteroatoms. The summed E-state index contributed by atoms with van der Waals surface area (Å²) in [6.07, 6.45) is 8.38. The number of likely N-dealkylation sites (tertiary alicyclic amines) is 1. The van der Waals surface area contributed by atoms with Crippen molar-refractivity contribution < 1.29 is 0 Å². The molecule has 0 unspecified atom stereocenters. The lowest BCUT2D eigenvalue weighted by molar-refractivity contribution is 0.206. The number of rotatable bonds is 8. The van der Waals surface area contributed by atoms with E-state index in [2.05, 4.69) is 33.7 Å². The molecule has 1 rings (SSSR count). The predicted molar refractivity (Wildman–Crippen MR) is 91.9 cm³/mol. The van der Waals surface area contributed by atoms with Gasteiger partial charge < -0.3 is 15.5 Å². The number of nitrogens with one attached hydrogen (secondary N) is 2. The third kappa shape index (κ3) is 7.39. The summed E-state index contributed by atoms with van der Waals surface area (Å²) < 4.78 is 0. The van der Waals surface area contributed by atoms with Gasteiger partial charge in [0.2, 0.25) is 0 Å². The number of aliphatic imine (C=N–C) groups is 1. The number of thioether (sulfide) groups is 1. The Morgan fingerprint density at radius 1 is 1.30 bits per heavy atom. The Bertz CT molecular complexity index is 263. The standard InChI is InChI=1S/C15H32N4S/c1-4-10-19-11-7-14(8-12-19)18-15(16-2)17-9-5-6-13-20-3/h14H,4-13H2,1-3H3,(H2,16,17,18). The molecule has 2 N–H and O–H groups in total. The molecule has 0 aromatic rings. The monoisotopic (exact) mass is 300 g/mol. The lowest BCUT2D eigenvalue weighted by Gasteiger charge is -2.32. The van der Waals surface area contributed by atoms with Gasteiger partial charge in [0.25, 0.3) is 0 Å². The first-order valence-electron chi connectivity index (χ1n) is 7.98. The van der Waals surface area contributed by atoms with Crippen LogP contribution in [0.15, 0.2) is 4.99 Å². The van der Waals surface area contributed by atoms with Crippen LogP contribution in [0.2, 0.25) is 0 Å². The number of piperidine rings is 1. The first-order valence-corrected chi connectivity index (χ1v) is 9.38. The van der Waals surface area contributed by atoms with Gasteiger partial charge in [-0.1, -0.05) is 6.92 Å². The maximum absolute atomic E-state index is 4.33. The van der Waals surface area contributed by atoms with Crippen molar-refractivity contribution in [1.29, 1.82) is 0 Å². The predicted octanol–water partition coefficient (Wildman–Crippen LogP) is 2.17. The second-order valence-corrected chi connectivity index (χ2v) is 6.44. The van der Waals surface area contributed by atoms with Crippen molar-refractivity contribution in [2.75, 3.05) is 45.2 Å². The van der Waals surface area contributed by atoms with Crippen LogP contribution in [0.3, 0.4) is 0 Å². The van der Waals surface area contributed by atoms with Crippen molar-refractivity contribution in [3.8, 4) is 0 Å². The largest absolute Gasteiger partial charge is 0.356 e. The van der Waals surface area contributed by atoms with Crippen molar-refractivity contribution in [1.82, 2.24) is 15.5 Å². The Hall–Kier alpha value is -0.420. The Labute approximate surface area is 129 Å². The topological polar surface area (TPSA) is 39.7 Å². The molecular formula is C15H32N4S. The molecule has 1 aliphatic heterocycles. The molecule has 0 saturated carbocycles. The SMILES string of the molecule is CCCN1CCC(NC(=NC)NCCCCSC)CC1. The van der Waals surface area contributed by atoms with Crippen LogP contribution >= 0.6 is 11.8 Å². The molecule has 0 spiro atoms. The van der Waals surface area contributed by atoms with E-state index in [1.807, 2.05) is 18.8 Å². The highest BCUT2D eigenvalue weighted by atomic mass is 32.2. The van der Waals surface area contributed by atoms with Gasteiger partial charge in [-0.3, -0.25) is 4.99 Å². The molecule has 0 aliphatic carbocycles. The lowest BCUT2D eigenvalue weighted by atomic mass is 10.1. The van der Waals surface area contributed by atoms with Crippen LogP contribution in [0, 0.1) is 0 Å². The minimum Gasteiger partial charge on any atom is -0.356 e. The van der Waals surface area contributed by atoms with E-state index in [0.29, 0.717) is 6.04 Å². The first kappa shape index (κ1) is 17.6.